The molecular weight excluding hydrogens is 272 g/mol. The Balaban J connectivity index is 2.26. The Morgan fingerprint density at radius 1 is 1.32 bits per heavy atom. The summed E-state index contributed by atoms with van der Waals surface area (Å²) in [5, 5.41) is 13.2. The van der Waals surface area contributed by atoms with Crippen molar-refractivity contribution in [1.82, 2.24) is 9.97 Å². The van der Waals surface area contributed by atoms with E-state index in [0.29, 0.717) is 0 Å². The highest BCUT2D eigenvalue weighted by atomic mass is 35.5. The maximum atomic E-state index is 11.9. The van der Waals surface area contributed by atoms with Crippen molar-refractivity contribution in [3.63, 3.8) is 0 Å². The van der Waals surface area contributed by atoms with E-state index < -0.39 is 10.8 Å². The lowest BCUT2D eigenvalue weighted by Crippen LogP contribution is -2.13. The predicted octanol–water partition coefficient (Wildman–Crippen LogP) is 2.29. The number of carbonyl (C=O) groups is 1. The maximum absolute atomic E-state index is 11.9. The Hall–Kier alpha value is -2.54. The van der Waals surface area contributed by atoms with E-state index in [1.807, 2.05) is 0 Å². The third-order valence-electron chi connectivity index (χ3n) is 2.16. The SMILES string of the molecule is O=C(Nc1cnccn1)c1cc(Cl)cc([N+](=O)[O-])c1. The Morgan fingerprint density at radius 3 is 2.74 bits per heavy atom. The molecule has 1 aromatic carbocycles. The maximum Gasteiger partial charge on any atom is 0.271 e. The van der Waals surface area contributed by atoms with Crippen LogP contribution in [0.4, 0.5) is 11.5 Å². The van der Waals surface area contributed by atoms with E-state index in [1.165, 1.54) is 30.7 Å². The van der Waals surface area contributed by atoms with E-state index in [1.54, 1.807) is 0 Å². The van der Waals surface area contributed by atoms with Crippen LogP contribution in [0.3, 0.4) is 0 Å². The standard InChI is InChI=1S/C11H7ClN4O3/c12-8-3-7(4-9(5-8)16(18)19)11(17)15-10-6-13-1-2-14-10/h1-6H,(H,14,15,17). The molecule has 2 aromatic rings. The summed E-state index contributed by atoms with van der Waals surface area (Å²) in [7, 11) is 0. The van der Waals surface area contributed by atoms with Crippen LogP contribution in [0.5, 0.6) is 0 Å². The van der Waals surface area contributed by atoms with Crippen LogP contribution in [0.1, 0.15) is 10.4 Å². The number of nitro groups is 1. The molecule has 96 valence electrons. The highest BCUT2D eigenvalue weighted by molar-refractivity contribution is 6.31. The summed E-state index contributed by atoms with van der Waals surface area (Å²) < 4.78 is 0. The number of rotatable bonds is 3. The van der Waals surface area contributed by atoms with Gasteiger partial charge in [0.1, 0.15) is 0 Å². The van der Waals surface area contributed by atoms with Gasteiger partial charge in [-0.05, 0) is 6.07 Å². The van der Waals surface area contributed by atoms with E-state index in [2.05, 4.69) is 15.3 Å². The molecule has 19 heavy (non-hydrogen) atoms. The first-order valence-corrected chi connectivity index (χ1v) is 5.46. The molecule has 1 amide bonds. The lowest BCUT2D eigenvalue weighted by molar-refractivity contribution is -0.384. The zero-order chi connectivity index (χ0) is 13.8. The molecule has 0 saturated carbocycles. The van der Waals surface area contributed by atoms with Crippen molar-refractivity contribution < 1.29 is 9.72 Å². The molecular formula is C11H7ClN4O3. The van der Waals surface area contributed by atoms with Gasteiger partial charge < -0.3 is 5.32 Å². The van der Waals surface area contributed by atoms with E-state index in [-0.39, 0.29) is 22.1 Å². The number of aromatic nitrogens is 2. The molecule has 1 aromatic heterocycles. The van der Waals surface area contributed by atoms with Crippen LogP contribution in [0.2, 0.25) is 5.02 Å². The van der Waals surface area contributed by atoms with Crippen molar-refractivity contribution in [1.29, 1.82) is 0 Å². The molecule has 0 unspecified atom stereocenters. The minimum absolute atomic E-state index is 0.0739. The first-order valence-electron chi connectivity index (χ1n) is 5.08. The van der Waals surface area contributed by atoms with E-state index in [0.717, 1.165) is 6.07 Å². The van der Waals surface area contributed by atoms with Gasteiger partial charge in [-0.15, -0.1) is 0 Å². The monoisotopic (exact) mass is 278 g/mol. The molecule has 0 fully saturated rings. The Labute approximate surface area is 112 Å². The van der Waals surface area contributed by atoms with Gasteiger partial charge in [-0.3, -0.25) is 19.9 Å². The summed E-state index contributed by atoms with van der Waals surface area (Å²) in [6.45, 7) is 0. The largest absolute Gasteiger partial charge is 0.305 e. The highest BCUT2D eigenvalue weighted by Crippen LogP contribution is 2.21. The molecule has 0 atom stereocenters. The number of non-ortho nitro benzene ring substituents is 1. The number of anilines is 1. The Morgan fingerprint density at radius 2 is 2.11 bits per heavy atom. The first kappa shape index (κ1) is 12.9. The molecule has 0 aliphatic carbocycles. The number of hydrogen-bond acceptors (Lipinski definition) is 5. The number of halogens is 1. The molecule has 0 aliphatic rings. The minimum Gasteiger partial charge on any atom is -0.305 e. The van der Waals surface area contributed by atoms with Gasteiger partial charge in [0.25, 0.3) is 11.6 Å². The van der Waals surface area contributed by atoms with Gasteiger partial charge in [-0.2, -0.15) is 0 Å². The van der Waals surface area contributed by atoms with Crippen LogP contribution in [-0.2, 0) is 0 Å². The topological polar surface area (TPSA) is 98.0 Å². The third-order valence-corrected chi connectivity index (χ3v) is 2.38. The molecule has 1 heterocycles. The average molecular weight is 279 g/mol. The first-order chi connectivity index (χ1) is 9.06. The fraction of sp³-hybridized carbons (Fsp3) is 0. The number of hydrogen-bond donors (Lipinski definition) is 1. The third kappa shape index (κ3) is 3.23. The van der Waals surface area contributed by atoms with Gasteiger partial charge in [0, 0.05) is 35.1 Å². The zero-order valence-corrected chi connectivity index (χ0v) is 10.2. The smallest absolute Gasteiger partial charge is 0.271 e. The highest BCUT2D eigenvalue weighted by Gasteiger charge is 2.14. The summed E-state index contributed by atoms with van der Waals surface area (Å²) in [6.07, 6.45) is 4.23. The molecule has 0 bridgehead atoms. The summed E-state index contributed by atoms with van der Waals surface area (Å²) in [6, 6.07) is 3.64. The normalized spacial score (nSPS) is 9.95. The number of amides is 1. The van der Waals surface area contributed by atoms with E-state index >= 15 is 0 Å². The molecule has 0 aliphatic heterocycles. The van der Waals surface area contributed by atoms with Crippen molar-refractivity contribution >= 4 is 29.0 Å². The molecule has 0 spiro atoms. The van der Waals surface area contributed by atoms with Crippen LogP contribution < -0.4 is 5.32 Å². The van der Waals surface area contributed by atoms with Gasteiger partial charge in [-0.1, -0.05) is 11.6 Å². The van der Waals surface area contributed by atoms with Crippen molar-refractivity contribution in [3.8, 4) is 0 Å². The quantitative estimate of drug-likeness (QED) is 0.686. The average Bonchev–Trinajstić information content (AvgIpc) is 2.39. The fourth-order valence-corrected chi connectivity index (χ4v) is 1.59. The summed E-state index contributed by atoms with van der Waals surface area (Å²) >= 11 is 5.73. The Kier molecular flexibility index (Phi) is 3.67. The molecule has 0 saturated heterocycles. The summed E-state index contributed by atoms with van der Waals surface area (Å²) in [4.78, 5) is 29.6. The number of nitro benzene ring substituents is 1. The molecule has 0 radical (unpaired) electrons. The van der Waals surface area contributed by atoms with Crippen LogP contribution in [-0.4, -0.2) is 20.8 Å². The van der Waals surface area contributed by atoms with Crippen LogP contribution in [0.15, 0.2) is 36.8 Å². The van der Waals surface area contributed by atoms with Crippen molar-refractivity contribution in [2.24, 2.45) is 0 Å². The second kappa shape index (κ2) is 5.40. The van der Waals surface area contributed by atoms with Gasteiger partial charge in [0.2, 0.25) is 0 Å². The second-order valence-electron chi connectivity index (χ2n) is 3.50. The zero-order valence-electron chi connectivity index (χ0n) is 9.41. The summed E-state index contributed by atoms with van der Waals surface area (Å²) in [5.41, 5.74) is -0.179. The van der Waals surface area contributed by atoms with Gasteiger partial charge >= 0.3 is 0 Å². The molecule has 8 heteroatoms. The minimum atomic E-state index is -0.620. The number of benzene rings is 1. The fourth-order valence-electron chi connectivity index (χ4n) is 1.36. The predicted molar refractivity (Wildman–Crippen MR) is 68.1 cm³/mol. The van der Waals surface area contributed by atoms with E-state index in [4.69, 9.17) is 11.6 Å². The second-order valence-corrected chi connectivity index (χ2v) is 3.94. The number of nitrogens with one attached hydrogen (secondary N) is 1. The van der Waals surface area contributed by atoms with Gasteiger partial charge in [0.15, 0.2) is 5.82 Å². The lowest BCUT2D eigenvalue weighted by atomic mass is 10.2. The van der Waals surface area contributed by atoms with Crippen LogP contribution in [0.25, 0.3) is 0 Å². The summed E-state index contributed by atoms with van der Waals surface area (Å²) in [5.74, 6) is -0.304. The lowest BCUT2D eigenvalue weighted by Gasteiger charge is -2.04. The van der Waals surface area contributed by atoms with Gasteiger partial charge in [-0.25, -0.2) is 4.98 Å². The molecule has 2 rings (SSSR count). The number of carbonyl (C=O) groups excluding carboxylic acids is 1. The number of nitrogens with zero attached hydrogens (tertiary/aromatic N) is 3. The van der Waals surface area contributed by atoms with Crippen molar-refractivity contribution in [2.45, 2.75) is 0 Å². The molecule has 7 nitrogen and oxygen atoms in total. The Bertz CT molecular complexity index is 633. The van der Waals surface area contributed by atoms with Crippen LogP contribution >= 0.6 is 11.6 Å². The van der Waals surface area contributed by atoms with E-state index in [9.17, 15) is 14.9 Å². The van der Waals surface area contributed by atoms with Crippen LogP contribution in [0, 0.1) is 10.1 Å². The van der Waals surface area contributed by atoms with Crippen molar-refractivity contribution in [3.05, 3.63) is 57.5 Å². The van der Waals surface area contributed by atoms with Gasteiger partial charge in [0.05, 0.1) is 11.1 Å². The molecule has 1 N–H and O–H groups in total. The van der Waals surface area contributed by atoms with Crippen molar-refractivity contribution in [2.75, 3.05) is 5.32 Å².